The van der Waals surface area contributed by atoms with Crippen LogP contribution in [0.25, 0.3) is 0 Å². The zero-order chi connectivity index (χ0) is 18.2. The first-order chi connectivity index (χ1) is 12.7. The summed E-state index contributed by atoms with van der Waals surface area (Å²) in [6.07, 6.45) is 2.60. The number of anilines is 2. The Morgan fingerprint density at radius 3 is 2.31 bits per heavy atom. The topological polar surface area (TPSA) is 71.1 Å². The lowest BCUT2D eigenvalue weighted by atomic mass is 10.0. The van der Waals surface area contributed by atoms with E-state index in [-0.39, 0.29) is 24.7 Å². The fraction of sp³-hybridized carbons (Fsp3) is 0.150. The number of nitrogens with zero attached hydrogens (tertiary/aromatic N) is 1. The Hall–Kier alpha value is -2.99. The van der Waals surface area contributed by atoms with E-state index in [1.54, 1.807) is 11.6 Å². The molecule has 0 unspecified atom stereocenters. The van der Waals surface area contributed by atoms with Gasteiger partial charge >= 0.3 is 0 Å². The van der Waals surface area contributed by atoms with Crippen molar-refractivity contribution < 1.29 is 9.59 Å². The minimum Gasteiger partial charge on any atom is -0.326 e. The molecule has 132 valence electrons. The summed E-state index contributed by atoms with van der Waals surface area (Å²) >= 11 is 1.35. The maximum atomic E-state index is 12.2. The maximum absolute atomic E-state index is 12.2. The van der Waals surface area contributed by atoms with Crippen molar-refractivity contribution in [3.63, 3.8) is 0 Å². The Morgan fingerprint density at radius 1 is 0.885 bits per heavy atom. The van der Waals surface area contributed by atoms with Crippen LogP contribution in [0.1, 0.15) is 24.0 Å². The van der Waals surface area contributed by atoms with Crippen LogP contribution < -0.4 is 10.6 Å². The normalized spacial score (nSPS) is 10.3. The molecular weight excluding hydrogens is 346 g/mol. The van der Waals surface area contributed by atoms with Gasteiger partial charge in [-0.15, -0.1) is 11.3 Å². The van der Waals surface area contributed by atoms with E-state index < -0.39 is 0 Å². The molecule has 26 heavy (non-hydrogen) atoms. The molecule has 0 bridgehead atoms. The van der Waals surface area contributed by atoms with Crippen LogP contribution in [0, 0.1) is 0 Å². The number of hydrogen-bond donors (Lipinski definition) is 2. The van der Waals surface area contributed by atoms with Crippen molar-refractivity contribution in [3.05, 3.63) is 77.3 Å². The van der Waals surface area contributed by atoms with E-state index in [0.29, 0.717) is 5.13 Å². The van der Waals surface area contributed by atoms with Crippen LogP contribution in [-0.2, 0) is 16.0 Å². The lowest BCUT2D eigenvalue weighted by Gasteiger charge is -2.11. The largest absolute Gasteiger partial charge is 0.326 e. The average Bonchev–Trinajstić information content (AvgIpc) is 3.15. The summed E-state index contributed by atoms with van der Waals surface area (Å²) in [6.45, 7) is 0. The molecule has 0 saturated heterocycles. The molecule has 0 aliphatic carbocycles. The molecule has 6 heteroatoms. The number of aromatic nitrogens is 1. The summed E-state index contributed by atoms with van der Waals surface area (Å²) in [5.74, 6) is -0.396. The number of nitrogens with one attached hydrogen (secondary N) is 2. The standard InChI is InChI=1S/C20H19N3O2S/c24-18(10-11-19(25)23-20-21-12-13-26-20)22-17-9-5-4-8-16(17)14-15-6-2-1-3-7-15/h1-9,12-13H,10-11,14H2,(H,22,24)(H,21,23,25). The summed E-state index contributed by atoms with van der Waals surface area (Å²) in [6, 6.07) is 17.8. The Bertz CT molecular complexity index is 864. The van der Waals surface area contributed by atoms with Gasteiger partial charge in [-0.05, 0) is 23.6 Å². The quantitative estimate of drug-likeness (QED) is 0.662. The van der Waals surface area contributed by atoms with Crippen LogP contribution in [0.5, 0.6) is 0 Å². The minimum absolute atomic E-state index is 0.117. The third-order valence-electron chi connectivity index (χ3n) is 3.79. The second kappa shape index (κ2) is 8.92. The molecule has 0 saturated carbocycles. The van der Waals surface area contributed by atoms with Gasteiger partial charge in [0.25, 0.3) is 0 Å². The highest BCUT2D eigenvalue weighted by Gasteiger charge is 2.10. The molecule has 3 aromatic rings. The number of benzene rings is 2. The van der Waals surface area contributed by atoms with Crippen molar-refractivity contribution in [2.75, 3.05) is 10.6 Å². The molecule has 1 heterocycles. The first-order valence-electron chi connectivity index (χ1n) is 8.32. The molecule has 1 aromatic heterocycles. The van der Waals surface area contributed by atoms with E-state index in [4.69, 9.17) is 0 Å². The Morgan fingerprint density at radius 2 is 1.58 bits per heavy atom. The average molecular weight is 365 g/mol. The fourth-order valence-electron chi connectivity index (χ4n) is 2.52. The highest BCUT2D eigenvalue weighted by molar-refractivity contribution is 7.13. The number of para-hydroxylation sites is 1. The molecule has 0 radical (unpaired) electrons. The van der Waals surface area contributed by atoms with Crippen molar-refractivity contribution in [2.24, 2.45) is 0 Å². The third kappa shape index (κ3) is 5.26. The van der Waals surface area contributed by atoms with Crippen molar-refractivity contribution in [1.82, 2.24) is 4.98 Å². The van der Waals surface area contributed by atoms with Gasteiger partial charge in [0, 0.05) is 30.1 Å². The Balaban J connectivity index is 1.55. The monoisotopic (exact) mass is 365 g/mol. The van der Waals surface area contributed by atoms with Gasteiger partial charge in [-0.25, -0.2) is 4.98 Å². The molecule has 0 aliphatic heterocycles. The Kier molecular flexibility index (Phi) is 6.11. The molecule has 2 aromatic carbocycles. The second-order valence-corrected chi connectivity index (χ2v) is 6.65. The lowest BCUT2D eigenvalue weighted by molar-refractivity contribution is -0.121. The lowest BCUT2D eigenvalue weighted by Crippen LogP contribution is -2.17. The molecule has 2 amide bonds. The van der Waals surface area contributed by atoms with E-state index in [1.807, 2.05) is 42.5 Å². The highest BCUT2D eigenvalue weighted by Crippen LogP contribution is 2.19. The summed E-state index contributed by atoms with van der Waals surface area (Å²) in [5, 5.41) is 7.92. The van der Waals surface area contributed by atoms with E-state index in [2.05, 4.69) is 27.8 Å². The number of carbonyl (C=O) groups is 2. The van der Waals surface area contributed by atoms with Gasteiger partial charge in [-0.2, -0.15) is 0 Å². The van der Waals surface area contributed by atoms with Crippen LogP contribution in [0.4, 0.5) is 10.8 Å². The molecule has 2 N–H and O–H groups in total. The van der Waals surface area contributed by atoms with E-state index in [0.717, 1.165) is 17.7 Å². The summed E-state index contributed by atoms with van der Waals surface area (Å²) in [7, 11) is 0. The SMILES string of the molecule is O=C(CCC(=O)Nc1ccccc1Cc1ccccc1)Nc1nccs1. The molecule has 3 rings (SSSR count). The van der Waals surface area contributed by atoms with Gasteiger partial charge < -0.3 is 10.6 Å². The molecule has 0 fully saturated rings. The van der Waals surface area contributed by atoms with Crippen molar-refractivity contribution in [2.45, 2.75) is 19.3 Å². The zero-order valence-electron chi connectivity index (χ0n) is 14.1. The maximum Gasteiger partial charge on any atom is 0.226 e. The third-order valence-corrected chi connectivity index (χ3v) is 4.48. The number of thiazole rings is 1. The van der Waals surface area contributed by atoms with Crippen LogP contribution in [-0.4, -0.2) is 16.8 Å². The first kappa shape index (κ1) is 17.8. The van der Waals surface area contributed by atoms with Crippen LogP contribution in [0.3, 0.4) is 0 Å². The van der Waals surface area contributed by atoms with Gasteiger partial charge in [0.2, 0.25) is 11.8 Å². The summed E-state index contributed by atoms with van der Waals surface area (Å²) in [5.41, 5.74) is 3.00. The minimum atomic E-state index is -0.215. The molecule has 5 nitrogen and oxygen atoms in total. The van der Waals surface area contributed by atoms with Gasteiger partial charge in [0.05, 0.1) is 0 Å². The van der Waals surface area contributed by atoms with Crippen LogP contribution in [0.2, 0.25) is 0 Å². The number of amides is 2. The number of rotatable bonds is 7. The molecule has 0 spiro atoms. The predicted molar refractivity (Wildman–Crippen MR) is 104 cm³/mol. The first-order valence-corrected chi connectivity index (χ1v) is 9.20. The van der Waals surface area contributed by atoms with E-state index in [9.17, 15) is 9.59 Å². The van der Waals surface area contributed by atoms with Gasteiger partial charge in [-0.3, -0.25) is 9.59 Å². The van der Waals surface area contributed by atoms with Crippen molar-refractivity contribution >= 4 is 34.0 Å². The predicted octanol–water partition coefficient (Wildman–Crippen LogP) is 4.09. The molecular formula is C20H19N3O2S. The summed E-state index contributed by atoms with van der Waals surface area (Å²) in [4.78, 5) is 28.1. The van der Waals surface area contributed by atoms with E-state index >= 15 is 0 Å². The fourth-order valence-corrected chi connectivity index (χ4v) is 3.06. The zero-order valence-corrected chi connectivity index (χ0v) is 15.0. The smallest absolute Gasteiger partial charge is 0.226 e. The molecule has 0 aliphatic rings. The second-order valence-electron chi connectivity index (χ2n) is 5.75. The van der Waals surface area contributed by atoms with Gasteiger partial charge in [-0.1, -0.05) is 48.5 Å². The van der Waals surface area contributed by atoms with Crippen molar-refractivity contribution in [3.8, 4) is 0 Å². The Labute approximate surface area is 156 Å². The molecule has 0 atom stereocenters. The van der Waals surface area contributed by atoms with Crippen LogP contribution in [0.15, 0.2) is 66.2 Å². The van der Waals surface area contributed by atoms with Gasteiger partial charge in [0.1, 0.15) is 0 Å². The highest BCUT2D eigenvalue weighted by atomic mass is 32.1. The summed E-state index contributed by atoms with van der Waals surface area (Å²) < 4.78 is 0. The number of hydrogen-bond acceptors (Lipinski definition) is 4. The number of carbonyl (C=O) groups excluding carboxylic acids is 2. The van der Waals surface area contributed by atoms with Crippen molar-refractivity contribution in [1.29, 1.82) is 0 Å². The van der Waals surface area contributed by atoms with Gasteiger partial charge in [0.15, 0.2) is 5.13 Å². The van der Waals surface area contributed by atoms with Crippen LogP contribution >= 0.6 is 11.3 Å². The van der Waals surface area contributed by atoms with E-state index in [1.165, 1.54) is 16.9 Å².